The molecule has 0 aliphatic heterocycles. The Labute approximate surface area is 167 Å². The second-order valence-corrected chi connectivity index (χ2v) is 8.69. The molecule has 6 nitrogen and oxygen atoms in total. The summed E-state index contributed by atoms with van der Waals surface area (Å²) in [6, 6.07) is 21.5. The molecular formula is C22H17N3O3S. The van der Waals surface area contributed by atoms with E-state index in [2.05, 4.69) is 10.1 Å². The van der Waals surface area contributed by atoms with Crippen molar-refractivity contribution >= 4 is 32.0 Å². The summed E-state index contributed by atoms with van der Waals surface area (Å²) >= 11 is 0. The van der Waals surface area contributed by atoms with Gasteiger partial charge in [0.1, 0.15) is 5.82 Å². The molecule has 0 spiro atoms. The average molecular weight is 403 g/mol. The Bertz CT molecular complexity index is 1450. The number of nitrogens with zero attached hydrogens (tertiary/aromatic N) is 3. The highest BCUT2D eigenvalue weighted by atomic mass is 32.2. The molecular weight excluding hydrogens is 386 g/mol. The Morgan fingerprint density at radius 3 is 2.48 bits per heavy atom. The van der Waals surface area contributed by atoms with E-state index in [4.69, 9.17) is 4.52 Å². The first-order valence-corrected chi connectivity index (χ1v) is 10.6. The van der Waals surface area contributed by atoms with Crippen molar-refractivity contribution in [1.82, 2.24) is 14.1 Å². The standard InChI is InChI=1S/C22H17N3O3S/c1-15-10-12-16(13-11-15)29(26,27)25-20-8-4-3-7-18(20)23-22(25)14-19-17-6-2-5-9-21(17)28-24-19/h2-13H,14H2,1H3. The maximum absolute atomic E-state index is 13.5. The van der Waals surface area contributed by atoms with Crippen molar-refractivity contribution in [2.75, 3.05) is 0 Å². The average Bonchev–Trinajstić information content (AvgIpc) is 3.30. The Hall–Kier alpha value is -3.45. The summed E-state index contributed by atoms with van der Waals surface area (Å²) in [6.45, 7) is 1.92. The molecule has 0 fully saturated rings. The fourth-order valence-electron chi connectivity index (χ4n) is 3.46. The SMILES string of the molecule is Cc1ccc(S(=O)(=O)n2c(Cc3noc4ccccc34)nc3ccccc32)cc1. The summed E-state index contributed by atoms with van der Waals surface area (Å²) < 4.78 is 33.7. The van der Waals surface area contributed by atoms with E-state index in [0.29, 0.717) is 28.1 Å². The van der Waals surface area contributed by atoms with Gasteiger partial charge in [-0.1, -0.05) is 47.1 Å². The molecule has 0 N–H and O–H groups in total. The van der Waals surface area contributed by atoms with E-state index >= 15 is 0 Å². The molecule has 0 aliphatic carbocycles. The number of imidazole rings is 1. The van der Waals surface area contributed by atoms with E-state index in [1.54, 1.807) is 42.5 Å². The van der Waals surface area contributed by atoms with E-state index in [-0.39, 0.29) is 11.3 Å². The van der Waals surface area contributed by atoms with Crippen LogP contribution in [-0.2, 0) is 16.4 Å². The molecule has 2 heterocycles. The zero-order chi connectivity index (χ0) is 20.0. The summed E-state index contributed by atoms with van der Waals surface area (Å²) in [5.41, 5.74) is 3.46. The molecule has 0 aliphatic rings. The number of benzene rings is 3. The van der Waals surface area contributed by atoms with Crippen molar-refractivity contribution in [3.8, 4) is 0 Å². The first-order chi connectivity index (χ1) is 14.0. The van der Waals surface area contributed by atoms with Crippen molar-refractivity contribution in [3.63, 3.8) is 0 Å². The normalized spacial score (nSPS) is 12.0. The first-order valence-electron chi connectivity index (χ1n) is 9.16. The fraction of sp³-hybridized carbons (Fsp3) is 0.0909. The number of fused-ring (bicyclic) bond motifs is 2. The van der Waals surface area contributed by atoms with Crippen LogP contribution in [-0.4, -0.2) is 22.5 Å². The smallest absolute Gasteiger partial charge is 0.269 e. The maximum atomic E-state index is 13.5. The molecule has 0 atom stereocenters. The molecule has 0 bridgehead atoms. The van der Waals surface area contributed by atoms with Gasteiger partial charge in [0.05, 0.1) is 28.0 Å². The van der Waals surface area contributed by atoms with Crippen molar-refractivity contribution in [2.24, 2.45) is 0 Å². The summed E-state index contributed by atoms with van der Waals surface area (Å²) in [4.78, 5) is 4.83. The Morgan fingerprint density at radius 2 is 1.66 bits per heavy atom. The summed E-state index contributed by atoms with van der Waals surface area (Å²) in [5, 5.41) is 4.99. The zero-order valence-electron chi connectivity index (χ0n) is 15.6. The minimum atomic E-state index is -3.83. The van der Waals surface area contributed by atoms with Gasteiger partial charge in [-0.15, -0.1) is 0 Å². The van der Waals surface area contributed by atoms with Crippen molar-refractivity contribution in [1.29, 1.82) is 0 Å². The van der Waals surface area contributed by atoms with Crippen LogP contribution in [0, 0.1) is 6.92 Å². The second kappa shape index (κ2) is 6.56. The van der Waals surface area contributed by atoms with Crippen molar-refractivity contribution in [3.05, 3.63) is 89.9 Å². The molecule has 0 saturated carbocycles. The van der Waals surface area contributed by atoms with Crippen LogP contribution in [0.4, 0.5) is 0 Å². The van der Waals surface area contributed by atoms with Crippen LogP contribution in [0.1, 0.15) is 17.1 Å². The number of aryl methyl sites for hydroxylation is 1. The molecule has 0 amide bonds. The minimum absolute atomic E-state index is 0.220. The van der Waals surface area contributed by atoms with Crippen LogP contribution in [0.2, 0.25) is 0 Å². The predicted octanol–water partition coefficient (Wildman–Crippen LogP) is 4.31. The monoisotopic (exact) mass is 403 g/mol. The van der Waals surface area contributed by atoms with Gasteiger partial charge in [-0.25, -0.2) is 17.4 Å². The molecule has 0 unspecified atom stereocenters. The summed E-state index contributed by atoms with van der Waals surface area (Å²) in [5.74, 6) is 0.394. The Kier molecular flexibility index (Phi) is 3.99. The van der Waals surface area contributed by atoms with E-state index in [9.17, 15) is 8.42 Å². The van der Waals surface area contributed by atoms with Crippen LogP contribution in [0.3, 0.4) is 0 Å². The van der Waals surface area contributed by atoms with Crippen LogP contribution < -0.4 is 0 Å². The van der Waals surface area contributed by atoms with Crippen molar-refractivity contribution < 1.29 is 12.9 Å². The molecule has 29 heavy (non-hydrogen) atoms. The second-order valence-electron chi connectivity index (χ2n) is 6.90. The number of hydrogen-bond donors (Lipinski definition) is 0. The van der Waals surface area contributed by atoms with E-state index < -0.39 is 10.0 Å². The molecule has 5 rings (SSSR count). The third kappa shape index (κ3) is 2.91. The van der Waals surface area contributed by atoms with Crippen molar-refractivity contribution in [2.45, 2.75) is 18.2 Å². The van der Waals surface area contributed by atoms with Crippen LogP contribution >= 0.6 is 0 Å². The van der Waals surface area contributed by atoms with Gasteiger partial charge in [-0.05, 0) is 43.3 Å². The van der Waals surface area contributed by atoms with E-state index in [1.807, 2.05) is 37.3 Å². The highest BCUT2D eigenvalue weighted by Gasteiger charge is 2.25. The Balaban J connectivity index is 1.71. The molecule has 3 aromatic carbocycles. The number of para-hydroxylation sites is 3. The molecule has 0 saturated heterocycles. The summed E-state index contributed by atoms with van der Waals surface area (Å²) in [6.07, 6.45) is 0.233. The zero-order valence-corrected chi connectivity index (χ0v) is 16.4. The first kappa shape index (κ1) is 17.6. The van der Waals surface area contributed by atoms with Gasteiger partial charge in [0.2, 0.25) is 0 Å². The lowest BCUT2D eigenvalue weighted by atomic mass is 10.2. The van der Waals surface area contributed by atoms with Gasteiger partial charge >= 0.3 is 0 Å². The van der Waals surface area contributed by atoms with Gasteiger partial charge in [-0.3, -0.25) is 0 Å². The maximum Gasteiger partial charge on any atom is 0.269 e. The molecule has 0 radical (unpaired) electrons. The molecule has 144 valence electrons. The summed E-state index contributed by atoms with van der Waals surface area (Å²) in [7, 11) is -3.83. The highest BCUT2D eigenvalue weighted by Crippen LogP contribution is 2.27. The largest absolute Gasteiger partial charge is 0.356 e. The fourth-order valence-corrected chi connectivity index (χ4v) is 4.95. The van der Waals surface area contributed by atoms with Gasteiger partial charge in [0.15, 0.2) is 5.58 Å². The Morgan fingerprint density at radius 1 is 0.931 bits per heavy atom. The third-order valence-corrected chi connectivity index (χ3v) is 6.68. The highest BCUT2D eigenvalue weighted by molar-refractivity contribution is 7.90. The predicted molar refractivity (Wildman–Crippen MR) is 110 cm³/mol. The lowest BCUT2D eigenvalue weighted by Gasteiger charge is -2.10. The van der Waals surface area contributed by atoms with E-state index in [0.717, 1.165) is 10.9 Å². The van der Waals surface area contributed by atoms with Gasteiger partial charge < -0.3 is 4.52 Å². The number of aromatic nitrogens is 3. The minimum Gasteiger partial charge on any atom is -0.356 e. The number of hydrogen-bond acceptors (Lipinski definition) is 5. The molecule has 7 heteroatoms. The molecule has 5 aromatic rings. The van der Waals surface area contributed by atoms with Gasteiger partial charge in [0, 0.05) is 5.39 Å². The van der Waals surface area contributed by atoms with Crippen LogP contribution in [0.15, 0.2) is 82.2 Å². The molecule has 2 aromatic heterocycles. The van der Waals surface area contributed by atoms with Crippen LogP contribution in [0.25, 0.3) is 22.0 Å². The van der Waals surface area contributed by atoms with Crippen LogP contribution in [0.5, 0.6) is 0 Å². The van der Waals surface area contributed by atoms with E-state index in [1.165, 1.54) is 3.97 Å². The lowest BCUT2D eigenvalue weighted by Crippen LogP contribution is -2.16. The number of rotatable bonds is 4. The lowest BCUT2D eigenvalue weighted by molar-refractivity contribution is 0.447. The quantitative estimate of drug-likeness (QED) is 0.447. The van der Waals surface area contributed by atoms with Gasteiger partial charge in [0.25, 0.3) is 10.0 Å². The van der Waals surface area contributed by atoms with Gasteiger partial charge in [-0.2, -0.15) is 0 Å². The third-order valence-electron chi connectivity index (χ3n) is 4.92. The topological polar surface area (TPSA) is 78.0 Å².